The van der Waals surface area contributed by atoms with E-state index in [2.05, 4.69) is 20.4 Å². The van der Waals surface area contributed by atoms with E-state index in [0.717, 1.165) is 6.42 Å². The highest BCUT2D eigenvalue weighted by molar-refractivity contribution is 4.93. The van der Waals surface area contributed by atoms with Crippen LogP contribution in [0.1, 0.15) is 58.8 Å². The molecule has 1 fully saturated rings. The summed E-state index contributed by atoms with van der Waals surface area (Å²) in [5.74, 6) is 0. The Morgan fingerprint density at radius 2 is 1.86 bits per heavy atom. The van der Waals surface area contributed by atoms with E-state index in [-0.39, 0.29) is 5.60 Å². The fourth-order valence-corrected chi connectivity index (χ4v) is 2.02. The topological polar surface area (TPSA) is 9.23 Å². The maximum absolute atomic E-state index is 6.14. The van der Waals surface area contributed by atoms with Crippen molar-refractivity contribution in [3.63, 3.8) is 0 Å². The zero-order valence-corrected chi connectivity index (χ0v) is 9.72. The third-order valence-corrected chi connectivity index (χ3v) is 3.37. The van der Waals surface area contributed by atoms with Gasteiger partial charge in [0.15, 0.2) is 0 Å². The van der Waals surface area contributed by atoms with E-state index in [0.29, 0.717) is 6.10 Å². The summed E-state index contributed by atoms with van der Waals surface area (Å²) >= 11 is 0. The van der Waals surface area contributed by atoms with Gasteiger partial charge in [0.1, 0.15) is 0 Å². The van der Waals surface area contributed by atoms with Gasteiger partial charge in [-0.2, -0.15) is 0 Å². The minimum Gasteiger partial charge on any atom is -0.368 e. The van der Waals surface area contributed by atoms with Crippen molar-refractivity contribution in [2.45, 2.75) is 70.5 Å². The van der Waals surface area contributed by atoms with Crippen LogP contribution >= 0.6 is 0 Å². The molecular formula is C13H24O. The van der Waals surface area contributed by atoms with Crippen molar-refractivity contribution in [3.8, 4) is 0 Å². The molecule has 1 aliphatic rings. The van der Waals surface area contributed by atoms with Gasteiger partial charge in [-0.3, -0.25) is 0 Å². The Morgan fingerprint density at radius 1 is 1.29 bits per heavy atom. The predicted molar refractivity (Wildman–Crippen MR) is 61.5 cm³/mol. The second kappa shape index (κ2) is 5.55. The molecule has 0 aliphatic heterocycles. The van der Waals surface area contributed by atoms with E-state index in [9.17, 15) is 0 Å². The molecule has 1 rings (SSSR count). The molecule has 0 aromatic rings. The van der Waals surface area contributed by atoms with Crippen LogP contribution in [-0.4, -0.2) is 11.7 Å². The van der Waals surface area contributed by atoms with E-state index in [1.54, 1.807) is 0 Å². The molecule has 0 amide bonds. The van der Waals surface area contributed by atoms with Gasteiger partial charge in [-0.05, 0) is 26.2 Å². The Kier molecular flexibility index (Phi) is 4.67. The largest absolute Gasteiger partial charge is 0.368 e. The minimum atomic E-state index is -0.102. The van der Waals surface area contributed by atoms with Crippen LogP contribution < -0.4 is 0 Å². The molecule has 1 aliphatic carbocycles. The molecule has 14 heavy (non-hydrogen) atoms. The average molecular weight is 196 g/mol. The lowest BCUT2D eigenvalue weighted by Gasteiger charge is -2.30. The maximum Gasteiger partial charge on any atom is 0.0832 e. The van der Waals surface area contributed by atoms with Crippen LogP contribution in [0, 0.1) is 0 Å². The highest BCUT2D eigenvalue weighted by Gasteiger charge is 2.24. The molecule has 0 spiro atoms. The van der Waals surface area contributed by atoms with Gasteiger partial charge >= 0.3 is 0 Å². The van der Waals surface area contributed by atoms with E-state index in [1.165, 1.54) is 38.5 Å². The smallest absolute Gasteiger partial charge is 0.0832 e. The van der Waals surface area contributed by atoms with Crippen LogP contribution in [0.25, 0.3) is 0 Å². The summed E-state index contributed by atoms with van der Waals surface area (Å²) in [6, 6.07) is 0. The fraction of sp³-hybridized carbons (Fsp3) is 0.846. The minimum absolute atomic E-state index is 0.102. The summed E-state index contributed by atoms with van der Waals surface area (Å²) in [7, 11) is 0. The van der Waals surface area contributed by atoms with Gasteiger partial charge in [0, 0.05) is 0 Å². The lowest BCUT2D eigenvalue weighted by molar-refractivity contribution is -0.0597. The predicted octanol–water partition coefficient (Wildman–Crippen LogP) is 4.08. The molecule has 0 heterocycles. The van der Waals surface area contributed by atoms with Crippen LogP contribution in [0.3, 0.4) is 0 Å². The molecule has 82 valence electrons. The zero-order valence-electron chi connectivity index (χ0n) is 9.72. The molecule has 0 radical (unpaired) electrons. The van der Waals surface area contributed by atoms with E-state index < -0.39 is 0 Å². The fourth-order valence-electron chi connectivity index (χ4n) is 2.02. The standard InChI is InChI=1S/C13H24O/c1-4-13(3,5-2)14-12-10-8-6-7-9-11-12/h4,12H,1,5-11H2,2-3H3. The van der Waals surface area contributed by atoms with Crippen molar-refractivity contribution in [1.29, 1.82) is 0 Å². The van der Waals surface area contributed by atoms with Crippen molar-refractivity contribution >= 4 is 0 Å². The number of hydrogen-bond donors (Lipinski definition) is 0. The maximum atomic E-state index is 6.14. The molecule has 1 unspecified atom stereocenters. The molecule has 0 bridgehead atoms. The Morgan fingerprint density at radius 3 is 2.29 bits per heavy atom. The summed E-state index contributed by atoms with van der Waals surface area (Å²) in [4.78, 5) is 0. The van der Waals surface area contributed by atoms with Crippen LogP contribution in [0.4, 0.5) is 0 Å². The molecule has 0 saturated heterocycles. The van der Waals surface area contributed by atoms with Gasteiger partial charge in [0.05, 0.1) is 11.7 Å². The second-order valence-corrected chi connectivity index (χ2v) is 4.60. The summed E-state index contributed by atoms with van der Waals surface area (Å²) in [5, 5.41) is 0. The van der Waals surface area contributed by atoms with Crippen molar-refractivity contribution in [2.75, 3.05) is 0 Å². The van der Waals surface area contributed by atoms with Gasteiger partial charge in [-0.1, -0.05) is 38.7 Å². The number of ether oxygens (including phenoxy) is 1. The van der Waals surface area contributed by atoms with Crippen molar-refractivity contribution < 1.29 is 4.74 Å². The molecular weight excluding hydrogens is 172 g/mol. The summed E-state index contributed by atoms with van der Waals surface area (Å²) in [5.41, 5.74) is -0.102. The highest BCUT2D eigenvalue weighted by atomic mass is 16.5. The third-order valence-electron chi connectivity index (χ3n) is 3.37. The second-order valence-electron chi connectivity index (χ2n) is 4.60. The normalized spacial score (nSPS) is 23.9. The number of rotatable bonds is 4. The van der Waals surface area contributed by atoms with Crippen LogP contribution in [0.2, 0.25) is 0 Å². The van der Waals surface area contributed by atoms with Gasteiger partial charge in [-0.15, -0.1) is 6.58 Å². The number of hydrogen-bond acceptors (Lipinski definition) is 1. The van der Waals surface area contributed by atoms with Gasteiger partial charge in [0.25, 0.3) is 0 Å². The Bertz CT molecular complexity index is 168. The van der Waals surface area contributed by atoms with Crippen molar-refractivity contribution in [1.82, 2.24) is 0 Å². The van der Waals surface area contributed by atoms with Gasteiger partial charge < -0.3 is 4.74 Å². The quantitative estimate of drug-likeness (QED) is 0.486. The molecule has 1 atom stereocenters. The zero-order chi connectivity index (χ0) is 10.4. The van der Waals surface area contributed by atoms with Crippen LogP contribution in [0.15, 0.2) is 12.7 Å². The first kappa shape index (κ1) is 11.8. The first-order chi connectivity index (χ1) is 6.70. The van der Waals surface area contributed by atoms with Crippen LogP contribution in [0.5, 0.6) is 0 Å². The molecule has 0 aromatic carbocycles. The lowest BCUT2D eigenvalue weighted by Crippen LogP contribution is -2.30. The first-order valence-corrected chi connectivity index (χ1v) is 6.01. The SMILES string of the molecule is C=CC(C)(CC)OC1CCCCCC1. The monoisotopic (exact) mass is 196 g/mol. The molecule has 1 nitrogen and oxygen atoms in total. The molecule has 0 aromatic heterocycles. The Hall–Kier alpha value is -0.300. The third kappa shape index (κ3) is 3.45. The Balaban J connectivity index is 2.43. The van der Waals surface area contributed by atoms with Crippen LogP contribution in [-0.2, 0) is 4.74 Å². The van der Waals surface area contributed by atoms with Gasteiger partial charge in [-0.25, -0.2) is 0 Å². The van der Waals surface area contributed by atoms with E-state index in [4.69, 9.17) is 4.74 Å². The summed E-state index contributed by atoms with van der Waals surface area (Å²) in [6.45, 7) is 8.18. The molecule has 1 saturated carbocycles. The van der Waals surface area contributed by atoms with Crippen molar-refractivity contribution in [3.05, 3.63) is 12.7 Å². The van der Waals surface area contributed by atoms with E-state index >= 15 is 0 Å². The first-order valence-electron chi connectivity index (χ1n) is 6.01. The van der Waals surface area contributed by atoms with Crippen molar-refractivity contribution in [2.24, 2.45) is 0 Å². The lowest BCUT2D eigenvalue weighted by atomic mass is 10.0. The summed E-state index contributed by atoms with van der Waals surface area (Å²) < 4.78 is 6.14. The molecule has 0 N–H and O–H groups in total. The summed E-state index contributed by atoms with van der Waals surface area (Å²) in [6.07, 6.45) is 11.4. The average Bonchev–Trinajstić information content (AvgIpc) is 2.46. The van der Waals surface area contributed by atoms with E-state index in [1.807, 2.05) is 6.08 Å². The highest BCUT2D eigenvalue weighted by Crippen LogP contribution is 2.26. The molecule has 1 heteroatoms. The van der Waals surface area contributed by atoms with Gasteiger partial charge in [0.2, 0.25) is 0 Å². The Labute approximate surface area is 88.5 Å².